The minimum atomic E-state index is -0.952. The Hall–Kier alpha value is -3.48. The smallest absolute Gasteiger partial charge is 0.354 e. The van der Waals surface area contributed by atoms with Crippen LogP contribution in [0, 0.1) is 5.92 Å². The van der Waals surface area contributed by atoms with Crippen LogP contribution in [-0.4, -0.2) is 100 Å². The molecule has 1 aromatic carbocycles. The molecule has 3 amide bonds. The Morgan fingerprint density at radius 2 is 1.77 bits per heavy atom. The molecule has 12 heteroatoms. The Bertz CT molecular complexity index is 1200. The van der Waals surface area contributed by atoms with Crippen LogP contribution in [0.15, 0.2) is 41.3 Å². The lowest BCUT2D eigenvalue weighted by Crippen LogP contribution is -2.58. The van der Waals surface area contributed by atoms with Crippen LogP contribution in [0.1, 0.15) is 27.2 Å². The molecule has 2 fully saturated rings. The van der Waals surface area contributed by atoms with Crippen LogP contribution >= 0.6 is 0 Å². The Morgan fingerprint density at radius 3 is 2.36 bits per heavy atom. The molecule has 2 aliphatic heterocycles. The average molecular weight is 541 g/mol. The van der Waals surface area contributed by atoms with Crippen LogP contribution in [0.2, 0.25) is 0 Å². The number of amides is 3. The van der Waals surface area contributed by atoms with Crippen molar-refractivity contribution in [3.8, 4) is 11.4 Å². The van der Waals surface area contributed by atoms with Crippen molar-refractivity contribution in [2.75, 3.05) is 57.7 Å². The molecule has 2 atom stereocenters. The van der Waals surface area contributed by atoms with Crippen molar-refractivity contribution >= 4 is 17.8 Å². The summed E-state index contributed by atoms with van der Waals surface area (Å²) in [5.41, 5.74) is 10.9. The molecule has 1 aromatic heterocycles. The highest BCUT2D eigenvalue weighted by atomic mass is 16.5. The molecule has 2 aliphatic rings. The first kappa shape index (κ1) is 28.5. The van der Waals surface area contributed by atoms with Gasteiger partial charge in [0, 0.05) is 45.5 Å². The maximum atomic E-state index is 12.7. The van der Waals surface area contributed by atoms with E-state index in [1.54, 1.807) is 48.0 Å². The summed E-state index contributed by atoms with van der Waals surface area (Å²) in [5.74, 6) is 1.31. The lowest BCUT2D eigenvalue weighted by Gasteiger charge is -2.37. The van der Waals surface area contributed by atoms with Crippen molar-refractivity contribution < 1.29 is 14.3 Å². The van der Waals surface area contributed by atoms with E-state index in [0.717, 1.165) is 38.3 Å². The highest BCUT2D eigenvalue weighted by Crippen LogP contribution is 2.19. The third-order valence-corrected chi connectivity index (χ3v) is 7.11. The molecule has 3 heterocycles. The fourth-order valence-electron chi connectivity index (χ4n) is 4.97. The number of piperazine rings is 1. The van der Waals surface area contributed by atoms with Crippen molar-refractivity contribution in [3.05, 3.63) is 47.0 Å². The first-order valence-electron chi connectivity index (χ1n) is 13.5. The molecule has 2 unspecified atom stereocenters. The van der Waals surface area contributed by atoms with Gasteiger partial charge in [0.25, 0.3) is 0 Å². The number of hydrogen-bond acceptors (Lipinski definition) is 8. The molecule has 2 saturated heterocycles. The summed E-state index contributed by atoms with van der Waals surface area (Å²) in [4.78, 5) is 47.4. The number of rotatable bonds is 8. The first-order chi connectivity index (χ1) is 18.5. The normalized spacial score (nSPS) is 19.2. The van der Waals surface area contributed by atoms with Crippen LogP contribution in [0.5, 0.6) is 5.75 Å². The molecule has 0 spiro atoms. The van der Waals surface area contributed by atoms with Gasteiger partial charge in [0.1, 0.15) is 17.7 Å². The van der Waals surface area contributed by atoms with Gasteiger partial charge in [-0.3, -0.25) is 19.6 Å². The van der Waals surface area contributed by atoms with E-state index in [4.69, 9.17) is 16.2 Å². The van der Waals surface area contributed by atoms with Gasteiger partial charge in [-0.15, -0.1) is 0 Å². The van der Waals surface area contributed by atoms with Gasteiger partial charge in [-0.05, 0) is 76.5 Å². The minimum Gasteiger partial charge on any atom is -0.489 e. The quantitative estimate of drug-likeness (QED) is 0.442. The molecular formula is C27H40N8O4. The molecule has 5 N–H and O–H groups in total. The topological polar surface area (TPSA) is 152 Å². The number of anilines is 1. The Labute approximate surface area is 228 Å². The molecule has 212 valence electrons. The van der Waals surface area contributed by atoms with E-state index in [2.05, 4.69) is 15.2 Å². The second-order valence-corrected chi connectivity index (χ2v) is 11.0. The number of benzene rings is 1. The van der Waals surface area contributed by atoms with Gasteiger partial charge in [0.05, 0.1) is 11.2 Å². The fourth-order valence-corrected chi connectivity index (χ4v) is 4.97. The summed E-state index contributed by atoms with van der Waals surface area (Å²) >= 11 is 0. The van der Waals surface area contributed by atoms with Gasteiger partial charge < -0.3 is 26.0 Å². The van der Waals surface area contributed by atoms with E-state index in [1.165, 1.54) is 4.57 Å². The molecular weight excluding hydrogens is 500 g/mol. The second kappa shape index (κ2) is 12.1. The average Bonchev–Trinajstić information content (AvgIpc) is 3.36. The number of carbonyl (C=O) groups excluding carboxylic acids is 2. The number of carbonyl (C=O) groups is 2. The molecule has 39 heavy (non-hydrogen) atoms. The number of nitrogens with one attached hydrogen (secondary N) is 1. The summed E-state index contributed by atoms with van der Waals surface area (Å²) in [6.07, 6.45) is 2.73. The third kappa shape index (κ3) is 7.34. The standard InChI is InChI=1S/C27H40N8O4/c1-19(17-32-10-8-20(16-28)18-32)39-22-6-4-21(5-7-22)35-11-9-23(31-26(35)38)30-25(37)34-14-12-33(13-15-34)24(36)27(2,3)29/h4-7,9,11,19-20H,8,10,12-18,28-29H2,1-3H3,(H,30,31,37,38). The van der Waals surface area contributed by atoms with Crippen molar-refractivity contribution in [2.24, 2.45) is 17.4 Å². The largest absolute Gasteiger partial charge is 0.489 e. The zero-order valence-corrected chi connectivity index (χ0v) is 23.0. The first-order valence-corrected chi connectivity index (χ1v) is 13.5. The number of nitrogens with zero attached hydrogens (tertiary/aromatic N) is 5. The number of nitrogens with two attached hydrogens (primary N) is 2. The predicted octanol–water partition coefficient (Wildman–Crippen LogP) is 0.694. The zero-order chi connectivity index (χ0) is 28.2. The number of urea groups is 1. The monoisotopic (exact) mass is 540 g/mol. The van der Waals surface area contributed by atoms with E-state index in [-0.39, 0.29) is 23.9 Å². The van der Waals surface area contributed by atoms with Gasteiger partial charge in [0.2, 0.25) is 5.91 Å². The maximum absolute atomic E-state index is 12.7. The van der Waals surface area contributed by atoms with E-state index in [0.29, 0.717) is 37.8 Å². The van der Waals surface area contributed by atoms with Gasteiger partial charge in [-0.2, -0.15) is 4.98 Å². The number of aromatic nitrogens is 2. The Morgan fingerprint density at radius 1 is 1.10 bits per heavy atom. The number of ether oxygens (including phenoxy) is 1. The van der Waals surface area contributed by atoms with Gasteiger partial charge >= 0.3 is 11.7 Å². The highest BCUT2D eigenvalue weighted by Gasteiger charge is 2.31. The summed E-state index contributed by atoms with van der Waals surface area (Å²) in [7, 11) is 0. The van der Waals surface area contributed by atoms with E-state index >= 15 is 0 Å². The summed E-state index contributed by atoms with van der Waals surface area (Å²) in [5, 5.41) is 2.68. The summed E-state index contributed by atoms with van der Waals surface area (Å²) in [6, 6.07) is 8.46. The van der Waals surface area contributed by atoms with Crippen molar-refractivity contribution in [1.82, 2.24) is 24.3 Å². The molecule has 2 aromatic rings. The summed E-state index contributed by atoms with van der Waals surface area (Å²) in [6.45, 7) is 10.5. The summed E-state index contributed by atoms with van der Waals surface area (Å²) < 4.78 is 7.47. The van der Waals surface area contributed by atoms with E-state index < -0.39 is 11.2 Å². The zero-order valence-electron chi connectivity index (χ0n) is 23.0. The van der Waals surface area contributed by atoms with Crippen molar-refractivity contribution in [1.29, 1.82) is 0 Å². The predicted molar refractivity (Wildman–Crippen MR) is 149 cm³/mol. The van der Waals surface area contributed by atoms with Crippen molar-refractivity contribution in [3.63, 3.8) is 0 Å². The molecule has 0 saturated carbocycles. The maximum Gasteiger partial charge on any atom is 0.354 e. The molecule has 12 nitrogen and oxygen atoms in total. The van der Waals surface area contributed by atoms with Gasteiger partial charge in [0.15, 0.2) is 0 Å². The minimum absolute atomic E-state index is 0.0237. The molecule has 0 radical (unpaired) electrons. The molecule has 4 rings (SSSR count). The van der Waals surface area contributed by atoms with E-state index in [1.807, 2.05) is 19.1 Å². The Balaban J connectivity index is 1.29. The second-order valence-electron chi connectivity index (χ2n) is 11.0. The lowest BCUT2D eigenvalue weighted by atomic mass is 10.1. The molecule has 0 bridgehead atoms. The Kier molecular flexibility index (Phi) is 8.88. The van der Waals surface area contributed by atoms with Crippen molar-refractivity contribution in [2.45, 2.75) is 38.8 Å². The lowest BCUT2D eigenvalue weighted by molar-refractivity contribution is -0.137. The van der Waals surface area contributed by atoms with Gasteiger partial charge in [-0.1, -0.05) is 0 Å². The number of hydrogen-bond donors (Lipinski definition) is 3. The van der Waals surface area contributed by atoms with Gasteiger partial charge in [-0.25, -0.2) is 9.59 Å². The van der Waals surface area contributed by atoms with Crippen LogP contribution in [0.25, 0.3) is 5.69 Å². The SMILES string of the molecule is CC(CN1CCC(CN)C1)Oc1ccc(-n2ccc(NC(=O)N3CCN(C(=O)C(C)(C)N)CC3)nc2=O)cc1. The van der Waals surface area contributed by atoms with Crippen LogP contribution in [0.4, 0.5) is 10.6 Å². The highest BCUT2D eigenvalue weighted by molar-refractivity contribution is 5.89. The number of likely N-dealkylation sites (tertiary alicyclic amines) is 1. The van der Waals surface area contributed by atoms with Crippen LogP contribution in [0.3, 0.4) is 0 Å². The molecule has 0 aliphatic carbocycles. The van der Waals surface area contributed by atoms with Crippen LogP contribution < -0.4 is 27.2 Å². The third-order valence-electron chi connectivity index (χ3n) is 7.11. The fraction of sp³-hybridized carbons (Fsp3) is 0.556. The van der Waals surface area contributed by atoms with Crippen LogP contribution in [-0.2, 0) is 4.79 Å². The van der Waals surface area contributed by atoms with E-state index in [9.17, 15) is 14.4 Å².